The molecule has 0 fully saturated rings. The molecule has 4 aromatic rings. The van der Waals surface area contributed by atoms with Gasteiger partial charge in [-0.05, 0) is 23.6 Å². The molecule has 13 heteroatoms. The number of hydrogen-bond acceptors (Lipinski definition) is 5. The summed E-state index contributed by atoms with van der Waals surface area (Å²) in [4.78, 5) is 30.1. The fourth-order valence-corrected chi connectivity index (χ4v) is 3.96. The van der Waals surface area contributed by atoms with Crippen LogP contribution in [0, 0.1) is 0 Å². The SMILES string of the molecule is NCCNC(=O)c1cc2ccccc2c(Cl)c1NC(=O)c1cc(C(F)(F)F)nn1-c1ncccc1Cl. The van der Waals surface area contributed by atoms with Crippen molar-refractivity contribution < 1.29 is 22.8 Å². The number of halogens is 5. The van der Waals surface area contributed by atoms with E-state index in [0.29, 0.717) is 21.5 Å². The van der Waals surface area contributed by atoms with E-state index in [1.54, 1.807) is 24.3 Å². The van der Waals surface area contributed by atoms with Crippen molar-refractivity contribution in [1.82, 2.24) is 20.1 Å². The zero-order valence-corrected chi connectivity index (χ0v) is 19.7. The van der Waals surface area contributed by atoms with Gasteiger partial charge >= 0.3 is 6.18 Å². The van der Waals surface area contributed by atoms with E-state index in [4.69, 9.17) is 28.9 Å². The number of alkyl halides is 3. The van der Waals surface area contributed by atoms with Crippen molar-refractivity contribution in [1.29, 1.82) is 0 Å². The van der Waals surface area contributed by atoms with Crippen LogP contribution in [0.1, 0.15) is 26.5 Å². The Morgan fingerprint density at radius 2 is 1.81 bits per heavy atom. The molecule has 2 heterocycles. The van der Waals surface area contributed by atoms with Crippen LogP contribution in [0.15, 0.2) is 54.7 Å². The van der Waals surface area contributed by atoms with E-state index in [1.165, 1.54) is 24.4 Å². The van der Waals surface area contributed by atoms with E-state index in [-0.39, 0.29) is 40.2 Å². The second-order valence-electron chi connectivity index (χ2n) is 7.47. The van der Waals surface area contributed by atoms with E-state index < -0.39 is 29.4 Å². The monoisotopic (exact) mass is 536 g/mol. The van der Waals surface area contributed by atoms with Crippen LogP contribution >= 0.6 is 23.2 Å². The Morgan fingerprint density at radius 3 is 2.50 bits per heavy atom. The molecule has 0 unspecified atom stereocenters. The Labute approximate surface area is 212 Å². The number of rotatable bonds is 6. The molecule has 0 aliphatic heterocycles. The fraction of sp³-hybridized carbons (Fsp3) is 0.130. The zero-order valence-electron chi connectivity index (χ0n) is 18.2. The number of carbonyl (C=O) groups is 2. The van der Waals surface area contributed by atoms with Crippen molar-refractivity contribution in [3.8, 4) is 5.82 Å². The van der Waals surface area contributed by atoms with Crippen LogP contribution in [0.3, 0.4) is 0 Å². The number of nitrogens with one attached hydrogen (secondary N) is 2. The minimum absolute atomic E-state index is 0.00141. The lowest BCUT2D eigenvalue weighted by molar-refractivity contribution is -0.141. The molecule has 2 aromatic carbocycles. The molecule has 0 atom stereocenters. The first-order valence-electron chi connectivity index (χ1n) is 10.4. The summed E-state index contributed by atoms with van der Waals surface area (Å²) in [5, 5.41) is 9.70. The molecular weight excluding hydrogens is 520 g/mol. The van der Waals surface area contributed by atoms with E-state index in [1.807, 2.05) is 0 Å². The highest BCUT2D eigenvalue weighted by Gasteiger charge is 2.37. The number of amides is 2. The maximum Gasteiger partial charge on any atom is 0.435 e. The summed E-state index contributed by atoms with van der Waals surface area (Å²) in [7, 11) is 0. The lowest BCUT2D eigenvalue weighted by Crippen LogP contribution is -2.30. The topological polar surface area (TPSA) is 115 Å². The van der Waals surface area contributed by atoms with Crippen LogP contribution in [0.4, 0.5) is 18.9 Å². The lowest BCUT2D eigenvalue weighted by Gasteiger charge is -2.16. The minimum atomic E-state index is -4.85. The number of carbonyl (C=O) groups excluding carboxylic acids is 2. The summed E-state index contributed by atoms with van der Waals surface area (Å²) in [6.45, 7) is 0.315. The molecule has 186 valence electrons. The predicted octanol–water partition coefficient (Wildman–Crippen LogP) is 4.69. The highest BCUT2D eigenvalue weighted by molar-refractivity contribution is 6.40. The number of nitrogens with zero attached hydrogens (tertiary/aromatic N) is 3. The first-order chi connectivity index (χ1) is 17.1. The van der Waals surface area contributed by atoms with Crippen molar-refractivity contribution >= 4 is 51.5 Å². The van der Waals surface area contributed by atoms with Crippen molar-refractivity contribution in [3.63, 3.8) is 0 Å². The number of hydrogen-bond donors (Lipinski definition) is 3. The van der Waals surface area contributed by atoms with Crippen LogP contribution in [-0.4, -0.2) is 39.7 Å². The Bertz CT molecular complexity index is 1470. The summed E-state index contributed by atoms with van der Waals surface area (Å²) in [6.07, 6.45) is -3.56. The number of fused-ring (bicyclic) bond motifs is 1. The number of pyridine rings is 1. The minimum Gasteiger partial charge on any atom is -0.351 e. The van der Waals surface area contributed by atoms with Gasteiger partial charge in [0.1, 0.15) is 5.69 Å². The highest BCUT2D eigenvalue weighted by Crippen LogP contribution is 2.36. The van der Waals surface area contributed by atoms with E-state index in [2.05, 4.69) is 20.7 Å². The quantitative estimate of drug-likeness (QED) is 0.330. The Morgan fingerprint density at radius 1 is 1.06 bits per heavy atom. The second kappa shape index (κ2) is 10.1. The molecule has 0 bridgehead atoms. The van der Waals surface area contributed by atoms with Gasteiger partial charge in [0.15, 0.2) is 11.5 Å². The number of aromatic nitrogens is 3. The third-order valence-electron chi connectivity index (χ3n) is 5.07. The zero-order chi connectivity index (χ0) is 26.0. The lowest BCUT2D eigenvalue weighted by atomic mass is 10.0. The van der Waals surface area contributed by atoms with Gasteiger partial charge in [-0.25, -0.2) is 9.67 Å². The van der Waals surface area contributed by atoms with Crippen LogP contribution in [0.5, 0.6) is 0 Å². The molecule has 4 rings (SSSR count). The van der Waals surface area contributed by atoms with Gasteiger partial charge in [0, 0.05) is 30.7 Å². The summed E-state index contributed by atoms with van der Waals surface area (Å²) in [6, 6.07) is 11.8. The summed E-state index contributed by atoms with van der Waals surface area (Å²) < 4.78 is 41.1. The van der Waals surface area contributed by atoms with Gasteiger partial charge in [0.25, 0.3) is 11.8 Å². The summed E-state index contributed by atoms with van der Waals surface area (Å²) in [5.74, 6) is -1.80. The van der Waals surface area contributed by atoms with Crippen LogP contribution in [-0.2, 0) is 6.18 Å². The summed E-state index contributed by atoms with van der Waals surface area (Å²) in [5.41, 5.74) is 3.51. The number of anilines is 1. The van der Waals surface area contributed by atoms with Gasteiger partial charge < -0.3 is 16.4 Å². The molecular formula is C23H17Cl2F3N6O2. The Balaban J connectivity index is 1.84. The number of nitrogens with two attached hydrogens (primary N) is 1. The molecule has 36 heavy (non-hydrogen) atoms. The van der Waals surface area contributed by atoms with Crippen molar-refractivity contribution in [2.75, 3.05) is 18.4 Å². The standard InChI is InChI=1S/C23H17Cl2F3N6O2/c24-15-6-3-8-30-20(15)34-16(11-17(33-34)23(26,27)28)22(36)32-19-14(21(35)31-9-7-29)10-12-4-1-2-5-13(12)18(19)25/h1-6,8,10-11H,7,9,29H2,(H,31,35)(H,32,36). The van der Waals surface area contributed by atoms with Crippen molar-refractivity contribution in [3.05, 3.63) is 81.7 Å². The third-order valence-corrected chi connectivity index (χ3v) is 5.76. The maximum absolute atomic E-state index is 13.5. The Kier molecular flexibility index (Phi) is 7.16. The third kappa shape index (κ3) is 4.99. The molecule has 2 amide bonds. The van der Waals surface area contributed by atoms with Crippen LogP contribution < -0.4 is 16.4 Å². The molecule has 0 saturated heterocycles. The molecule has 4 N–H and O–H groups in total. The van der Waals surface area contributed by atoms with Crippen molar-refractivity contribution in [2.24, 2.45) is 5.73 Å². The van der Waals surface area contributed by atoms with Gasteiger partial charge in [-0.15, -0.1) is 0 Å². The predicted molar refractivity (Wildman–Crippen MR) is 130 cm³/mol. The average molecular weight is 537 g/mol. The van der Waals surface area contributed by atoms with Crippen molar-refractivity contribution in [2.45, 2.75) is 6.18 Å². The molecule has 2 aromatic heterocycles. The van der Waals surface area contributed by atoms with Gasteiger partial charge in [-0.1, -0.05) is 47.5 Å². The largest absolute Gasteiger partial charge is 0.435 e. The first-order valence-corrected chi connectivity index (χ1v) is 11.2. The van der Waals surface area contributed by atoms with E-state index in [0.717, 1.165) is 0 Å². The average Bonchev–Trinajstić information content (AvgIpc) is 3.30. The number of benzene rings is 2. The molecule has 0 aliphatic carbocycles. The van der Waals surface area contributed by atoms with Gasteiger partial charge in [0.05, 0.1) is 21.3 Å². The molecule has 0 radical (unpaired) electrons. The highest BCUT2D eigenvalue weighted by atomic mass is 35.5. The molecule has 0 spiro atoms. The van der Waals surface area contributed by atoms with E-state index in [9.17, 15) is 22.8 Å². The molecule has 0 saturated carbocycles. The molecule has 0 aliphatic rings. The fourth-order valence-electron chi connectivity index (χ4n) is 3.44. The van der Waals surface area contributed by atoms with Gasteiger partial charge in [0.2, 0.25) is 0 Å². The smallest absolute Gasteiger partial charge is 0.351 e. The normalized spacial score (nSPS) is 11.5. The maximum atomic E-state index is 13.5. The van der Waals surface area contributed by atoms with Gasteiger partial charge in [-0.3, -0.25) is 9.59 Å². The molecule has 8 nitrogen and oxygen atoms in total. The summed E-state index contributed by atoms with van der Waals surface area (Å²) >= 11 is 12.7. The second-order valence-corrected chi connectivity index (χ2v) is 8.25. The van der Waals surface area contributed by atoms with Gasteiger partial charge in [-0.2, -0.15) is 18.3 Å². The Hall–Kier alpha value is -3.67. The van der Waals surface area contributed by atoms with E-state index >= 15 is 0 Å². The first kappa shape index (κ1) is 25.4. The van der Waals surface area contributed by atoms with Crippen LogP contribution in [0.25, 0.3) is 16.6 Å². The van der Waals surface area contributed by atoms with Crippen LogP contribution in [0.2, 0.25) is 10.0 Å².